The maximum atomic E-state index is 13.3. The molecular formula is C16H14F4N4O2. The number of carbonyl (C=O) groups excluding carboxylic acids is 1. The van der Waals surface area contributed by atoms with Crippen molar-refractivity contribution in [2.24, 2.45) is 5.10 Å². The molecule has 2 heterocycles. The average Bonchev–Trinajstić information content (AvgIpc) is 3.20. The Bertz CT molecular complexity index is 850. The largest absolute Gasteiger partial charge is 0.364 e. The fourth-order valence-corrected chi connectivity index (χ4v) is 2.61. The molecule has 138 valence electrons. The molecule has 1 aromatic carbocycles. The molecule has 1 atom stereocenters. The highest BCUT2D eigenvalue weighted by Gasteiger charge is 2.53. The van der Waals surface area contributed by atoms with E-state index in [-0.39, 0.29) is 16.3 Å². The SMILES string of the molecule is Cc1ccc(-c2[nH]ncc2C(=O)N2N=C(C(F)F)C[C@@]2(O)C(F)F)cc1. The maximum Gasteiger partial charge on any atom is 0.287 e. The number of aromatic nitrogens is 2. The number of hydrogen-bond acceptors (Lipinski definition) is 4. The van der Waals surface area contributed by atoms with E-state index in [0.29, 0.717) is 5.56 Å². The predicted molar refractivity (Wildman–Crippen MR) is 83.9 cm³/mol. The number of alkyl halides is 4. The Kier molecular flexibility index (Phi) is 4.53. The highest BCUT2D eigenvalue weighted by atomic mass is 19.3. The van der Waals surface area contributed by atoms with Gasteiger partial charge in [0, 0.05) is 12.0 Å². The molecule has 1 aliphatic rings. The minimum atomic E-state index is -3.49. The fourth-order valence-electron chi connectivity index (χ4n) is 2.61. The van der Waals surface area contributed by atoms with Crippen LogP contribution in [-0.4, -0.2) is 50.5 Å². The van der Waals surface area contributed by atoms with Crippen molar-refractivity contribution in [2.75, 3.05) is 0 Å². The standard InChI is InChI=1S/C16H14F4N4O2/c1-8-2-4-9(5-3-8)12-10(7-21-22-12)14(25)24-16(26,15(19)20)6-11(23-24)13(17)18/h2-5,7,13,15,26H,6H2,1H3,(H,21,22)/t16-/m1/s1. The first-order chi connectivity index (χ1) is 12.2. The summed E-state index contributed by atoms with van der Waals surface area (Å²) in [6.45, 7) is 1.86. The molecule has 3 rings (SSSR count). The van der Waals surface area contributed by atoms with Crippen molar-refractivity contribution in [3.63, 3.8) is 0 Å². The summed E-state index contributed by atoms with van der Waals surface area (Å²) in [4.78, 5) is 12.7. The molecule has 1 aromatic heterocycles. The third kappa shape index (κ3) is 2.96. The Morgan fingerprint density at radius 2 is 1.92 bits per heavy atom. The minimum absolute atomic E-state index is 0.0156. The normalized spacial score (nSPS) is 20.2. The van der Waals surface area contributed by atoms with Crippen LogP contribution in [0.4, 0.5) is 17.6 Å². The first-order valence-corrected chi connectivity index (χ1v) is 7.55. The third-order valence-electron chi connectivity index (χ3n) is 4.04. The summed E-state index contributed by atoms with van der Waals surface area (Å²) in [7, 11) is 0. The van der Waals surface area contributed by atoms with E-state index in [1.54, 1.807) is 24.3 Å². The fraction of sp³-hybridized carbons (Fsp3) is 0.312. The van der Waals surface area contributed by atoms with E-state index in [9.17, 15) is 27.5 Å². The highest BCUT2D eigenvalue weighted by Crippen LogP contribution is 2.35. The summed E-state index contributed by atoms with van der Waals surface area (Å²) >= 11 is 0. The van der Waals surface area contributed by atoms with Crippen LogP contribution in [-0.2, 0) is 0 Å². The molecule has 26 heavy (non-hydrogen) atoms. The van der Waals surface area contributed by atoms with Crippen LogP contribution >= 0.6 is 0 Å². The lowest BCUT2D eigenvalue weighted by Gasteiger charge is -2.29. The van der Waals surface area contributed by atoms with Crippen LogP contribution < -0.4 is 0 Å². The van der Waals surface area contributed by atoms with Gasteiger partial charge in [0.05, 0.1) is 17.5 Å². The number of aliphatic hydroxyl groups is 1. The van der Waals surface area contributed by atoms with Gasteiger partial charge in [-0.25, -0.2) is 17.6 Å². The van der Waals surface area contributed by atoms with Gasteiger partial charge in [-0.05, 0) is 6.92 Å². The number of nitrogens with one attached hydrogen (secondary N) is 1. The Morgan fingerprint density at radius 1 is 1.27 bits per heavy atom. The number of aromatic amines is 1. The van der Waals surface area contributed by atoms with Gasteiger partial charge in [0.25, 0.3) is 18.8 Å². The molecule has 0 spiro atoms. The zero-order chi connectivity index (χ0) is 19.1. The number of halogens is 4. The zero-order valence-electron chi connectivity index (χ0n) is 13.5. The van der Waals surface area contributed by atoms with Crippen molar-refractivity contribution in [3.8, 4) is 11.3 Å². The molecule has 0 saturated carbocycles. The monoisotopic (exact) mass is 370 g/mol. The van der Waals surface area contributed by atoms with Crippen molar-refractivity contribution in [1.82, 2.24) is 15.2 Å². The summed E-state index contributed by atoms with van der Waals surface area (Å²) in [5, 5.41) is 19.6. The van der Waals surface area contributed by atoms with Gasteiger partial charge in [-0.15, -0.1) is 0 Å². The smallest absolute Gasteiger partial charge is 0.287 e. The van der Waals surface area contributed by atoms with E-state index >= 15 is 0 Å². The van der Waals surface area contributed by atoms with Crippen molar-refractivity contribution in [2.45, 2.75) is 31.9 Å². The van der Waals surface area contributed by atoms with Crippen molar-refractivity contribution >= 4 is 11.6 Å². The van der Waals surface area contributed by atoms with Crippen LogP contribution in [0.5, 0.6) is 0 Å². The van der Waals surface area contributed by atoms with Gasteiger partial charge in [-0.3, -0.25) is 9.89 Å². The number of nitrogens with zero attached hydrogens (tertiary/aromatic N) is 3. The van der Waals surface area contributed by atoms with E-state index < -0.39 is 36.6 Å². The van der Waals surface area contributed by atoms with Gasteiger partial charge >= 0.3 is 0 Å². The van der Waals surface area contributed by atoms with E-state index in [1.807, 2.05) is 6.92 Å². The number of amides is 1. The first kappa shape index (κ1) is 18.1. The molecule has 10 heteroatoms. The lowest BCUT2D eigenvalue weighted by Crippen LogP contribution is -2.51. The number of carbonyl (C=O) groups is 1. The van der Waals surface area contributed by atoms with Crippen LogP contribution in [0, 0.1) is 6.92 Å². The molecule has 0 saturated heterocycles. The van der Waals surface area contributed by atoms with Gasteiger partial charge in [0.1, 0.15) is 5.71 Å². The van der Waals surface area contributed by atoms with E-state index in [0.717, 1.165) is 11.8 Å². The van der Waals surface area contributed by atoms with Crippen molar-refractivity contribution < 1.29 is 27.5 Å². The maximum absolute atomic E-state index is 13.3. The van der Waals surface area contributed by atoms with Crippen LogP contribution in [0.1, 0.15) is 22.3 Å². The van der Waals surface area contributed by atoms with Gasteiger partial charge in [-0.1, -0.05) is 29.8 Å². The average molecular weight is 370 g/mol. The first-order valence-electron chi connectivity index (χ1n) is 7.55. The summed E-state index contributed by atoms with van der Waals surface area (Å²) < 4.78 is 52.3. The quantitative estimate of drug-likeness (QED) is 0.812. The third-order valence-corrected chi connectivity index (χ3v) is 4.04. The number of aryl methyl sites for hydroxylation is 1. The number of hydrazone groups is 1. The van der Waals surface area contributed by atoms with Crippen molar-refractivity contribution in [1.29, 1.82) is 0 Å². The lowest BCUT2D eigenvalue weighted by molar-refractivity contribution is -0.164. The Balaban J connectivity index is 2.01. The van der Waals surface area contributed by atoms with Crippen LogP contribution in [0.15, 0.2) is 35.6 Å². The molecule has 0 radical (unpaired) electrons. The van der Waals surface area contributed by atoms with Crippen LogP contribution in [0.3, 0.4) is 0 Å². The Labute approximate surface area is 145 Å². The van der Waals surface area contributed by atoms with E-state index in [1.165, 1.54) is 0 Å². The second kappa shape index (κ2) is 6.52. The highest BCUT2D eigenvalue weighted by molar-refractivity contribution is 6.02. The molecule has 0 aliphatic carbocycles. The Hall–Kier alpha value is -2.75. The second-order valence-electron chi connectivity index (χ2n) is 5.89. The Morgan fingerprint density at radius 3 is 2.50 bits per heavy atom. The molecular weight excluding hydrogens is 356 g/mol. The molecule has 0 fully saturated rings. The minimum Gasteiger partial charge on any atom is -0.364 e. The number of rotatable bonds is 4. The molecule has 6 nitrogen and oxygen atoms in total. The molecule has 1 aliphatic heterocycles. The van der Waals surface area contributed by atoms with Crippen LogP contribution in [0.25, 0.3) is 11.3 Å². The van der Waals surface area contributed by atoms with Crippen molar-refractivity contribution in [3.05, 3.63) is 41.6 Å². The summed E-state index contributed by atoms with van der Waals surface area (Å²) in [5.41, 5.74) is -2.60. The second-order valence-corrected chi connectivity index (χ2v) is 5.89. The lowest BCUT2D eigenvalue weighted by atomic mass is 10.0. The van der Waals surface area contributed by atoms with Gasteiger partial charge in [-0.2, -0.15) is 15.2 Å². The number of benzene rings is 1. The zero-order valence-corrected chi connectivity index (χ0v) is 13.5. The van der Waals surface area contributed by atoms with Crippen LogP contribution in [0.2, 0.25) is 0 Å². The molecule has 0 bridgehead atoms. The molecule has 1 amide bonds. The topological polar surface area (TPSA) is 81.6 Å². The summed E-state index contributed by atoms with van der Waals surface area (Å²) in [6, 6.07) is 6.89. The van der Waals surface area contributed by atoms with Gasteiger partial charge < -0.3 is 5.11 Å². The number of H-pyrrole nitrogens is 1. The molecule has 2 N–H and O–H groups in total. The predicted octanol–water partition coefficient (Wildman–Crippen LogP) is 2.81. The van der Waals surface area contributed by atoms with E-state index in [2.05, 4.69) is 15.3 Å². The van der Waals surface area contributed by atoms with Gasteiger partial charge in [0.2, 0.25) is 5.72 Å². The molecule has 0 unspecified atom stereocenters. The summed E-state index contributed by atoms with van der Waals surface area (Å²) in [5.74, 6) is -1.16. The molecule has 2 aromatic rings. The summed E-state index contributed by atoms with van der Waals surface area (Å²) in [6.07, 6.45) is -6.72. The number of hydrogen-bond donors (Lipinski definition) is 2. The van der Waals surface area contributed by atoms with E-state index in [4.69, 9.17) is 0 Å². The van der Waals surface area contributed by atoms with Gasteiger partial charge in [0.15, 0.2) is 0 Å².